The third-order valence-corrected chi connectivity index (χ3v) is 4.91. The van der Waals surface area contributed by atoms with E-state index >= 15 is 0 Å². The molecule has 1 aliphatic rings. The van der Waals surface area contributed by atoms with Gasteiger partial charge in [0, 0.05) is 12.3 Å². The van der Waals surface area contributed by atoms with Crippen molar-refractivity contribution in [3.05, 3.63) is 29.8 Å². The molecule has 0 aliphatic heterocycles. The lowest BCUT2D eigenvalue weighted by molar-refractivity contribution is -0.0738. The number of rotatable bonds is 8. The van der Waals surface area contributed by atoms with Crippen LogP contribution in [0.3, 0.4) is 0 Å². The SMILES string of the molecule is CCCCCC1CCC(c2ccc(OCCC)cc2)C(F)(F)C1. The van der Waals surface area contributed by atoms with E-state index < -0.39 is 11.8 Å². The van der Waals surface area contributed by atoms with Gasteiger partial charge >= 0.3 is 0 Å². The van der Waals surface area contributed by atoms with E-state index in [0.717, 1.165) is 49.8 Å². The van der Waals surface area contributed by atoms with E-state index in [4.69, 9.17) is 4.74 Å². The molecule has 0 heterocycles. The number of ether oxygens (including phenoxy) is 1. The number of benzene rings is 1. The summed E-state index contributed by atoms with van der Waals surface area (Å²) in [7, 11) is 0. The van der Waals surface area contributed by atoms with Crippen molar-refractivity contribution in [3.63, 3.8) is 0 Å². The Bertz CT molecular complexity index is 455. The molecule has 0 radical (unpaired) electrons. The zero-order valence-electron chi connectivity index (χ0n) is 14.5. The molecular weight excluding hydrogens is 294 g/mol. The van der Waals surface area contributed by atoms with Gasteiger partial charge in [0.15, 0.2) is 0 Å². The third-order valence-electron chi connectivity index (χ3n) is 4.91. The third kappa shape index (κ3) is 5.19. The fraction of sp³-hybridized carbons (Fsp3) is 0.700. The van der Waals surface area contributed by atoms with Gasteiger partial charge < -0.3 is 4.74 Å². The Morgan fingerprint density at radius 2 is 1.78 bits per heavy atom. The normalized spacial score (nSPS) is 23.7. The van der Waals surface area contributed by atoms with Crippen molar-refractivity contribution in [2.24, 2.45) is 5.92 Å². The zero-order chi connectivity index (χ0) is 16.7. The summed E-state index contributed by atoms with van der Waals surface area (Å²) < 4.78 is 34.7. The quantitative estimate of drug-likeness (QED) is 0.491. The smallest absolute Gasteiger partial charge is 0.255 e. The van der Waals surface area contributed by atoms with E-state index in [1.807, 2.05) is 31.2 Å². The molecule has 1 nitrogen and oxygen atoms in total. The fourth-order valence-electron chi connectivity index (χ4n) is 3.60. The molecule has 23 heavy (non-hydrogen) atoms. The summed E-state index contributed by atoms with van der Waals surface area (Å²) in [6.07, 6.45) is 6.88. The van der Waals surface area contributed by atoms with Crippen LogP contribution in [0.25, 0.3) is 0 Å². The Hall–Kier alpha value is -1.12. The van der Waals surface area contributed by atoms with Crippen molar-refractivity contribution < 1.29 is 13.5 Å². The maximum absolute atomic E-state index is 14.6. The summed E-state index contributed by atoms with van der Waals surface area (Å²) in [6.45, 7) is 4.87. The molecule has 1 aromatic rings. The molecule has 1 aromatic carbocycles. The van der Waals surface area contributed by atoms with Gasteiger partial charge in [0.25, 0.3) is 5.92 Å². The molecule has 1 aliphatic carbocycles. The van der Waals surface area contributed by atoms with Gasteiger partial charge in [-0.1, -0.05) is 51.7 Å². The first kappa shape index (κ1) is 18.2. The second-order valence-corrected chi connectivity index (χ2v) is 6.87. The summed E-state index contributed by atoms with van der Waals surface area (Å²) in [5.74, 6) is -2.25. The highest BCUT2D eigenvalue weighted by Crippen LogP contribution is 2.48. The van der Waals surface area contributed by atoms with E-state index in [1.165, 1.54) is 0 Å². The topological polar surface area (TPSA) is 9.23 Å². The van der Waals surface area contributed by atoms with Gasteiger partial charge in [0.05, 0.1) is 6.61 Å². The summed E-state index contributed by atoms with van der Waals surface area (Å²) in [5, 5.41) is 0. The van der Waals surface area contributed by atoms with Gasteiger partial charge in [0.2, 0.25) is 0 Å². The van der Waals surface area contributed by atoms with Gasteiger partial charge in [-0.25, -0.2) is 8.78 Å². The Kier molecular flexibility index (Phi) is 6.86. The largest absolute Gasteiger partial charge is 0.494 e. The lowest BCUT2D eigenvalue weighted by atomic mass is 9.74. The Balaban J connectivity index is 1.95. The second-order valence-electron chi connectivity index (χ2n) is 6.87. The highest BCUT2D eigenvalue weighted by Gasteiger charge is 2.45. The Morgan fingerprint density at radius 3 is 2.39 bits per heavy atom. The van der Waals surface area contributed by atoms with Crippen molar-refractivity contribution in [1.29, 1.82) is 0 Å². The number of alkyl halides is 2. The number of unbranched alkanes of at least 4 members (excludes halogenated alkanes) is 2. The zero-order valence-corrected chi connectivity index (χ0v) is 14.5. The molecule has 130 valence electrons. The van der Waals surface area contributed by atoms with E-state index in [-0.39, 0.29) is 12.3 Å². The molecule has 0 N–H and O–H groups in total. The van der Waals surface area contributed by atoms with Crippen molar-refractivity contribution in [1.82, 2.24) is 0 Å². The molecule has 3 heteroatoms. The van der Waals surface area contributed by atoms with Gasteiger partial charge in [-0.05, 0) is 42.9 Å². The van der Waals surface area contributed by atoms with E-state index in [1.54, 1.807) is 0 Å². The first-order valence-corrected chi connectivity index (χ1v) is 9.17. The average Bonchev–Trinajstić information content (AvgIpc) is 2.53. The molecule has 2 atom stereocenters. The van der Waals surface area contributed by atoms with E-state index in [9.17, 15) is 8.78 Å². The highest BCUT2D eigenvalue weighted by atomic mass is 19.3. The van der Waals surface area contributed by atoms with Gasteiger partial charge in [-0.15, -0.1) is 0 Å². The van der Waals surface area contributed by atoms with Gasteiger partial charge in [-0.3, -0.25) is 0 Å². The highest BCUT2D eigenvalue weighted by molar-refractivity contribution is 5.31. The van der Waals surface area contributed by atoms with Crippen molar-refractivity contribution in [2.75, 3.05) is 6.61 Å². The Morgan fingerprint density at radius 1 is 1.04 bits per heavy atom. The maximum atomic E-state index is 14.6. The lowest BCUT2D eigenvalue weighted by Gasteiger charge is -2.36. The minimum atomic E-state index is -2.58. The van der Waals surface area contributed by atoms with Crippen LogP contribution in [0.4, 0.5) is 8.78 Å². The number of hydrogen-bond acceptors (Lipinski definition) is 1. The molecule has 0 aromatic heterocycles. The summed E-state index contributed by atoms with van der Waals surface area (Å²) in [6, 6.07) is 7.30. The monoisotopic (exact) mass is 324 g/mol. The van der Waals surface area contributed by atoms with Crippen LogP contribution in [0, 0.1) is 5.92 Å². The van der Waals surface area contributed by atoms with Crippen molar-refractivity contribution in [3.8, 4) is 5.75 Å². The molecular formula is C20H30F2O. The van der Waals surface area contributed by atoms with Crippen molar-refractivity contribution in [2.45, 2.75) is 77.1 Å². The molecule has 0 spiro atoms. The van der Waals surface area contributed by atoms with Crippen LogP contribution in [-0.2, 0) is 0 Å². The van der Waals surface area contributed by atoms with Crippen LogP contribution in [0.15, 0.2) is 24.3 Å². The molecule has 1 saturated carbocycles. The number of hydrogen-bond donors (Lipinski definition) is 0. The molecule has 0 bridgehead atoms. The van der Waals surface area contributed by atoms with Crippen molar-refractivity contribution >= 4 is 0 Å². The van der Waals surface area contributed by atoms with Crippen LogP contribution in [0.2, 0.25) is 0 Å². The first-order valence-electron chi connectivity index (χ1n) is 9.17. The standard InChI is InChI=1S/C20H30F2O/c1-3-5-6-7-16-8-13-19(20(21,22)15-16)17-9-11-18(12-10-17)23-14-4-2/h9-12,16,19H,3-8,13-15H2,1-2H3. The molecule has 0 saturated heterocycles. The summed E-state index contributed by atoms with van der Waals surface area (Å²) in [4.78, 5) is 0. The van der Waals surface area contributed by atoms with Crippen LogP contribution in [0.1, 0.15) is 76.7 Å². The van der Waals surface area contributed by atoms with Crippen LogP contribution < -0.4 is 4.74 Å². The van der Waals surface area contributed by atoms with Crippen LogP contribution in [-0.4, -0.2) is 12.5 Å². The molecule has 2 rings (SSSR count). The van der Waals surface area contributed by atoms with E-state index in [0.29, 0.717) is 13.0 Å². The molecule has 1 fully saturated rings. The van der Waals surface area contributed by atoms with Gasteiger partial charge in [-0.2, -0.15) is 0 Å². The van der Waals surface area contributed by atoms with Crippen LogP contribution >= 0.6 is 0 Å². The van der Waals surface area contributed by atoms with Gasteiger partial charge in [0.1, 0.15) is 5.75 Å². The average molecular weight is 324 g/mol. The fourth-order valence-corrected chi connectivity index (χ4v) is 3.60. The molecule has 0 amide bonds. The predicted octanol–water partition coefficient (Wildman–Crippen LogP) is 6.57. The predicted molar refractivity (Wildman–Crippen MR) is 91.4 cm³/mol. The first-order chi connectivity index (χ1) is 11.1. The van der Waals surface area contributed by atoms with E-state index in [2.05, 4.69) is 6.92 Å². The summed E-state index contributed by atoms with van der Waals surface area (Å²) in [5.41, 5.74) is 0.755. The van der Waals surface area contributed by atoms with Crippen LogP contribution in [0.5, 0.6) is 5.75 Å². The molecule has 2 unspecified atom stereocenters. The maximum Gasteiger partial charge on any atom is 0.255 e. The Labute approximate surface area is 139 Å². The lowest BCUT2D eigenvalue weighted by Crippen LogP contribution is -2.34. The number of halogens is 2. The minimum absolute atomic E-state index is 0.0511. The summed E-state index contributed by atoms with van der Waals surface area (Å²) >= 11 is 0. The second kappa shape index (κ2) is 8.65. The minimum Gasteiger partial charge on any atom is -0.494 e.